The Hall–Kier alpha value is -1.39. The Kier molecular flexibility index (Phi) is 3.41. The summed E-state index contributed by atoms with van der Waals surface area (Å²) in [6.07, 6.45) is 3.29. The van der Waals surface area contributed by atoms with Gasteiger partial charge in [0.1, 0.15) is 5.82 Å². The highest BCUT2D eigenvalue weighted by Crippen LogP contribution is 2.44. The van der Waals surface area contributed by atoms with Crippen LogP contribution in [-0.4, -0.2) is 27.3 Å². The molecule has 0 aromatic carbocycles. The second-order valence-corrected chi connectivity index (χ2v) is 5.72. The summed E-state index contributed by atoms with van der Waals surface area (Å²) in [4.78, 5) is 11.9. The Labute approximate surface area is 108 Å². The Bertz CT molecular complexity index is 451. The van der Waals surface area contributed by atoms with E-state index in [2.05, 4.69) is 24.0 Å². The van der Waals surface area contributed by atoms with Crippen molar-refractivity contribution in [1.29, 1.82) is 0 Å². The third kappa shape index (κ3) is 2.40. The van der Waals surface area contributed by atoms with Gasteiger partial charge in [0.05, 0.1) is 6.61 Å². The molecule has 1 atom stereocenters. The number of carbonyl (C=O) groups excluding carboxylic acids is 1. The minimum absolute atomic E-state index is 0.314. The maximum atomic E-state index is 11.9. The van der Waals surface area contributed by atoms with Gasteiger partial charge in [0.25, 0.3) is 0 Å². The van der Waals surface area contributed by atoms with Crippen LogP contribution in [0.4, 0.5) is 0 Å². The SMILES string of the molecule is CCOC(=O)c1nnc(C)n1C1CCC(C)(C)C1. The summed E-state index contributed by atoms with van der Waals surface area (Å²) in [6, 6.07) is 0.314. The van der Waals surface area contributed by atoms with Gasteiger partial charge in [-0.15, -0.1) is 10.2 Å². The summed E-state index contributed by atoms with van der Waals surface area (Å²) in [5.74, 6) is 0.764. The first-order valence-corrected chi connectivity index (χ1v) is 6.53. The van der Waals surface area contributed by atoms with Crippen LogP contribution in [-0.2, 0) is 4.74 Å². The molecule has 0 radical (unpaired) electrons. The molecule has 2 rings (SSSR count). The van der Waals surface area contributed by atoms with E-state index in [4.69, 9.17) is 4.74 Å². The molecule has 1 saturated carbocycles. The van der Waals surface area contributed by atoms with Crippen molar-refractivity contribution in [1.82, 2.24) is 14.8 Å². The van der Waals surface area contributed by atoms with E-state index in [1.54, 1.807) is 6.92 Å². The highest BCUT2D eigenvalue weighted by molar-refractivity contribution is 5.85. The number of hydrogen-bond acceptors (Lipinski definition) is 4. The maximum Gasteiger partial charge on any atom is 0.376 e. The van der Waals surface area contributed by atoms with Crippen molar-refractivity contribution in [3.63, 3.8) is 0 Å². The lowest BCUT2D eigenvalue weighted by Gasteiger charge is -2.19. The van der Waals surface area contributed by atoms with Crippen LogP contribution in [0.3, 0.4) is 0 Å². The van der Waals surface area contributed by atoms with Gasteiger partial charge in [0.15, 0.2) is 0 Å². The fourth-order valence-electron chi connectivity index (χ4n) is 2.76. The van der Waals surface area contributed by atoms with Gasteiger partial charge >= 0.3 is 5.97 Å². The summed E-state index contributed by atoms with van der Waals surface area (Å²) >= 11 is 0. The van der Waals surface area contributed by atoms with Crippen molar-refractivity contribution in [3.05, 3.63) is 11.6 Å². The third-order valence-electron chi connectivity index (χ3n) is 3.63. The fraction of sp³-hybridized carbons (Fsp3) is 0.769. The molecule has 1 aromatic heterocycles. The van der Waals surface area contributed by atoms with E-state index >= 15 is 0 Å². The third-order valence-corrected chi connectivity index (χ3v) is 3.63. The predicted molar refractivity (Wildman–Crippen MR) is 67.4 cm³/mol. The predicted octanol–water partition coefficient (Wildman–Crippen LogP) is 2.51. The lowest BCUT2D eigenvalue weighted by atomic mass is 9.92. The molecule has 100 valence electrons. The van der Waals surface area contributed by atoms with Crippen molar-refractivity contribution < 1.29 is 9.53 Å². The number of ether oxygens (including phenoxy) is 1. The van der Waals surface area contributed by atoms with Crippen LogP contribution in [0.15, 0.2) is 0 Å². The Balaban J connectivity index is 2.27. The summed E-state index contributed by atoms with van der Waals surface area (Å²) in [7, 11) is 0. The largest absolute Gasteiger partial charge is 0.460 e. The Morgan fingerprint density at radius 1 is 1.50 bits per heavy atom. The van der Waals surface area contributed by atoms with Gasteiger partial charge in [-0.3, -0.25) is 0 Å². The number of hydrogen-bond donors (Lipinski definition) is 0. The van der Waals surface area contributed by atoms with Crippen LogP contribution < -0.4 is 0 Å². The first-order chi connectivity index (χ1) is 8.44. The molecule has 1 unspecified atom stereocenters. The first-order valence-electron chi connectivity index (χ1n) is 6.53. The molecular weight excluding hydrogens is 230 g/mol. The van der Waals surface area contributed by atoms with Gasteiger partial charge in [-0.1, -0.05) is 13.8 Å². The first kappa shape index (κ1) is 13.1. The second-order valence-electron chi connectivity index (χ2n) is 5.72. The number of rotatable bonds is 3. The van der Waals surface area contributed by atoms with Gasteiger partial charge in [0, 0.05) is 6.04 Å². The van der Waals surface area contributed by atoms with E-state index in [0.717, 1.165) is 25.1 Å². The average Bonchev–Trinajstić information content (AvgIpc) is 2.82. The zero-order chi connectivity index (χ0) is 13.3. The van der Waals surface area contributed by atoms with E-state index in [1.807, 2.05) is 11.5 Å². The smallest absolute Gasteiger partial charge is 0.376 e. The highest BCUT2D eigenvalue weighted by Gasteiger charge is 2.35. The van der Waals surface area contributed by atoms with Gasteiger partial charge in [-0.2, -0.15) is 0 Å². The molecule has 5 heteroatoms. The summed E-state index contributed by atoms with van der Waals surface area (Å²) in [5, 5.41) is 7.99. The molecule has 0 spiro atoms. The van der Waals surface area contributed by atoms with Crippen LogP contribution in [0.1, 0.15) is 62.5 Å². The molecule has 0 aliphatic heterocycles. The van der Waals surface area contributed by atoms with Crippen LogP contribution in [0, 0.1) is 12.3 Å². The molecule has 5 nitrogen and oxygen atoms in total. The fourth-order valence-corrected chi connectivity index (χ4v) is 2.76. The Morgan fingerprint density at radius 2 is 2.22 bits per heavy atom. The molecule has 18 heavy (non-hydrogen) atoms. The molecule has 0 N–H and O–H groups in total. The quantitative estimate of drug-likeness (QED) is 0.774. The molecule has 1 aliphatic rings. The topological polar surface area (TPSA) is 57.0 Å². The standard InChI is InChI=1S/C13H21N3O2/c1-5-18-12(17)11-15-14-9(2)16(11)10-6-7-13(3,4)8-10/h10H,5-8H2,1-4H3. The van der Waals surface area contributed by atoms with E-state index in [0.29, 0.717) is 23.9 Å². The molecule has 1 heterocycles. The summed E-state index contributed by atoms with van der Waals surface area (Å²) in [6.45, 7) is 8.57. The summed E-state index contributed by atoms with van der Waals surface area (Å²) in [5.41, 5.74) is 0.327. The van der Waals surface area contributed by atoms with Gasteiger partial charge < -0.3 is 9.30 Å². The normalized spacial score (nSPS) is 22.1. The van der Waals surface area contributed by atoms with Crippen molar-refractivity contribution in [2.75, 3.05) is 6.61 Å². The van der Waals surface area contributed by atoms with Crippen LogP contribution in [0.5, 0.6) is 0 Å². The van der Waals surface area contributed by atoms with Crippen LogP contribution in [0.25, 0.3) is 0 Å². The van der Waals surface area contributed by atoms with Gasteiger partial charge in [-0.05, 0) is 38.5 Å². The van der Waals surface area contributed by atoms with Gasteiger partial charge in [-0.25, -0.2) is 4.79 Å². The summed E-state index contributed by atoms with van der Waals surface area (Å²) < 4.78 is 6.98. The van der Waals surface area contributed by atoms with E-state index in [1.165, 1.54) is 0 Å². The number of esters is 1. The van der Waals surface area contributed by atoms with Crippen molar-refractivity contribution >= 4 is 5.97 Å². The number of nitrogens with zero attached hydrogens (tertiary/aromatic N) is 3. The van der Waals surface area contributed by atoms with E-state index in [-0.39, 0.29) is 5.97 Å². The minimum atomic E-state index is -0.372. The lowest BCUT2D eigenvalue weighted by molar-refractivity contribution is 0.0502. The minimum Gasteiger partial charge on any atom is -0.460 e. The molecule has 1 fully saturated rings. The maximum absolute atomic E-state index is 11.9. The lowest BCUT2D eigenvalue weighted by Crippen LogP contribution is -2.18. The van der Waals surface area contributed by atoms with Crippen molar-refractivity contribution in [2.45, 2.75) is 53.0 Å². The molecule has 0 saturated heterocycles. The van der Waals surface area contributed by atoms with Crippen LogP contribution >= 0.6 is 0 Å². The van der Waals surface area contributed by atoms with Crippen molar-refractivity contribution in [2.24, 2.45) is 5.41 Å². The van der Waals surface area contributed by atoms with Gasteiger partial charge in [0.2, 0.25) is 5.82 Å². The monoisotopic (exact) mass is 251 g/mol. The van der Waals surface area contributed by atoms with Crippen LogP contribution in [0.2, 0.25) is 0 Å². The van der Waals surface area contributed by atoms with E-state index in [9.17, 15) is 4.79 Å². The zero-order valence-electron chi connectivity index (χ0n) is 11.6. The molecule has 0 amide bonds. The number of aryl methyl sites for hydroxylation is 1. The highest BCUT2D eigenvalue weighted by atomic mass is 16.5. The average molecular weight is 251 g/mol. The van der Waals surface area contributed by atoms with Crippen molar-refractivity contribution in [3.8, 4) is 0 Å². The Morgan fingerprint density at radius 3 is 2.78 bits per heavy atom. The molecule has 1 aliphatic carbocycles. The molecule has 0 bridgehead atoms. The molecular formula is C13H21N3O2. The second kappa shape index (κ2) is 4.71. The van der Waals surface area contributed by atoms with E-state index < -0.39 is 0 Å². The zero-order valence-corrected chi connectivity index (χ0v) is 11.6. The number of aromatic nitrogens is 3. The molecule has 1 aromatic rings. The number of carbonyl (C=O) groups is 1.